The Morgan fingerprint density at radius 1 is 1.56 bits per heavy atom. The number of aromatic carboxylic acids is 1. The molecule has 0 amide bonds. The second-order valence-corrected chi connectivity index (χ2v) is 4.34. The van der Waals surface area contributed by atoms with Gasteiger partial charge in [0.1, 0.15) is 5.56 Å². The van der Waals surface area contributed by atoms with Crippen molar-refractivity contribution in [2.24, 2.45) is 5.92 Å². The Bertz CT molecular complexity index is 553. The molecule has 1 atom stereocenters. The minimum atomic E-state index is -1.34. The predicted octanol–water partition coefficient (Wildman–Crippen LogP) is -0.339. The molecule has 0 saturated carbocycles. The Labute approximate surface area is 102 Å². The lowest BCUT2D eigenvalue weighted by Crippen LogP contribution is -2.36. The molecule has 0 aliphatic carbocycles. The van der Waals surface area contributed by atoms with Crippen molar-refractivity contribution in [1.29, 1.82) is 0 Å². The standard InChI is InChI=1S/C11H14N2O5/c14-9-8(10(15)16)5-13(11(17)12-9)4-7-2-1-3-18-6-7/h5,7H,1-4,6H2,(H,15,16)(H,12,14,17). The SMILES string of the molecule is O=C(O)c1cn(CC2CCCOC2)c(=O)[nH]c1=O. The molecule has 2 rings (SSSR count). The van der Waals surface area contributed by atoms with E-state index < -0.39 is 22.8 Å². The highest BCUT2D eigenvalue weighted by molar-refractivity contribution is 5.86. The van der Waals surface area contributed by atoms with Crippen LogP contribution in [0.2, 0.25) is 0 Å². The van der Waals surface area contributed by atoms with Gasteiger partial charge in [0.15, 0.2) is 0 Å². The molecule has 1 unspecified atom stereocenters. The second kappa shape index (κ2) is 5.18. The van der Waals surface area contributed by atoms with Crippen molar-refractivity contribution in [2.45, 2.75) is 19.4 Å². The smallest absolute Gasteiger partial charge is 0.342 e. The Morgan fingerprint density at radius 2 is 2.33 bits per heavy atom. The average Bonchev–Trinajstić information content (AvgIpc) is 2.33. The molecule has 1 aliphatic rings. The van der Waals surface area contributed by atoms with Gasteiger partial charge in [-0.05, 0) is 12.8 Å². The van der Waals surface area contributed by atoms with Gasteiger partial charge in [-0.15, -0.1) is 0 Å². The molecule has 2 N–H and O–H groups in total. The number of aromatic amines is 1. The molecule has 1 aromatic rings. The van der Waals surface area contributed by atoms with Crippen LogP contribution in [0.4, 0.5) is 0 Å². The summed E-state index contributed by atoms with van der Waals surface area (Å²) in [5.41, 5.74) is -1.88. The van der Waals surface area contributed by atoms with Gasteiger partial charge in [-0.2, -0.15) is 0 Å². The van der Waals surface area contributed by atoms with Crippen molar-refractivity contribution in [3.63, 3.8) is 0 Å². The van der Waals surface area contributed by atoms with Crippen molar-refractivity contribution in [2.75, 3.05) is 13.2 Å². The zero-order chi connectivity index (χ0) is 13.1. The minimum Gasteiger partial charge on any atom is -0.477 e. The summed E-state index contributed by atoms with van der Waals surface area (Å²) in [6.45, 7) is 1.63. The number of nitrogens with zero attached hydrogens (tertiary/aromatic N) is 1. The van der Waals surface area contributed by atoms with E-state index in [1.54, 1.807) is 0 Å². The number of hydrogen-bond acceptors (Lipinski definition) is 4. The third-order valence-electron chi connectivity index (χ3n) is 2.95. The number of hydrogen-bond donors (Lipinski definition) is 2. The van der Waals surface area contributed by atoms with E-state index >= 15 is 0 Å². The number of aromatic nitrogens is 2. The lowest BCUT2D eigenvalue weighted by Gasteiger charge is -2.22. The number of rotatable bonds is 3. The zero-order valence-electron chi connectivity index (χ0n) is 9.72. The van der Waals surface area contributed by atoms with Gasteiger partial charge in [0.05, 0.1) is 6.61 Å². The fourth-order valence-corrected chi connectivity index (χ4v) is 2.03. The quantitative estimate of drug-likeness (QED) is 0.768. The summed E-state index contributed by atoms with van der Waals surface area (Å²) >= 11 is 0. The summed E-state index contributed by atoms with van der Waals surface area (Å²) in [6.07, 6.45) is 2.95. The number of H-pyrrole nitrogens is 1. The summed E-state index contributed by atoms with van der Waals surface area (Å²) in [5, 5.41) is 8.83. The van der Waals surface area contributed by atoms with Gasteiger partial charge in [0.2, 0.25) is 0 Å². The summed E-state index contributed by atoms with van der Waals surface area (Å²) in [6, 6.07) is 0. The first-order chi connectivity index (χ1) is 8.58. The molecular weight excluding hydrogens is 240 g/mol. The van der Waals surface area contributed by atoms with Crippen LogP contribution < -0.4 is 11.2 Å². The van der Waals surface area contributed by atoms with Crippen LogP contribution in [0.1, 0.15) is 23.2 Å². The molecule has 98 valence electrons. The van der Waals surface area contributed by atoms with E-state index in [1.807, 2.05) is 4.98 Å². The van der Waals surface area contributed by atoms with E-state index in [2.05, 4.69) is 0 Å². The van der Waals surface area contributed by atoms with Crippen molar-refractivity contribution in [3.05, 3.63) is 32.6 Å². The maximum absolute atomic E-state index is 11.6. The van der Waals surface area contributed by atoms with E-state index in [0.717, 1.165) is 25.6 Å². The number of carboxylic acids is 1. The minimum absolute atomic E-state index is 0.170. The molecule has 18 heavy (non-hydrogen) atoms. The molecular formula is C11H14N2O5. The van der Waals surface area contributed by atoms with Gasteiger partial charge < -0.3 is 9.84 Å². The molecule has 7 heteroatoms. The van der Waals surface area contributed by atoms with E-state index in [0.29, 0.717) is 13.2 Å². The maximum atomic E-state index is 11.6. The summed E-state index contributed by atoms with van der Waals surface area (Å²) in [7, 11) is 0. The Morgan fingerprint density at radius 3 is 2.94 bits per heavy atom. The Kier molecular flexibility index (Phi) is 3.61. The van der Waals surface area contributed by atoms with E-state index in [1.165, 1.54) is 4.57 Å². The number of carboxylic acid groups (broad SMARTS) is 1. The van der Waals surface area contributed by atoms with Gasteiger partial charge >= 0.3 is 11.7 Å². The number of carbonyl (C=O) groups is 1. The molecule has 0 radical (unpaired) electrons. The molecule has 0 spiro atoms. The fourth-order valence-electron chi connectivity index (χ4n) is 2.03. The first kappa shape index (κ1) is 12.6. The molecule has 0 bridgehead atoms. The average molecular weight is 254 g/mol. The van der Waals surface area contributed by atoms with Gasteiger partial charge in [0, 0.05) is 25.3 Å². The largest absolute Gasteiger partial charge is 0.477 e. The normalized spacial score (nSPS) is 19.7. The van der Waals surface area contributed by atoms with Crippen molar-refractivity contribution in [3.8, 4) is 0 Å². The highest BCUT2D eigenvalue weighted by atomic mass is 16.5. The first-order valence-electron chi connectivity index (χ1n) is 5.72. The van der Waals surface area contributed by atoms with Gasteiger partial charge in [-0.1, -0.05) is 0 Å². The second-order valence-electron chi connectivity index (χ2n) is 4.34. The molecule has 1 saturated heterocycles. The summed E-state index contributed by atoms with van der Waals surface area (Å²) in [5.74, 6) is -1.17. The highest BCUT2D eigenvalue weighted by Crippen LogP contribution is 2.14. The number of ether oxygens (including phenoxy) is 1. The van der Waals surface area contributed by atoms with Gasteiger partial charge in [-0.25, -0.2) is 9.59 Å². The van der Waals surface area contributed by atoms with Crippen LogP contribution in [-0.4, -0.2) is 33.8 Å². The summed E-state index contributed by atoms with van der Waals surface area (Å²) in [4.78, 5) is 35.6. The molecule has 0 aromatic carbocycles. The molecule has 1 aromatic heterocycles. The van der Waals surface area contributed by atoms with E-state index in [-0.39, 0.29) is 5.92 Å². The van der Waals surface area contributed by atoms with Gasteiger partial charge in [-0.3, -0.25) is 14.3 Å². The van der Waals surface area contributed by atoms with Crippen LogP contribution in [0.5, 0.6) is 0 Å². The third-order valence-corrected chi connectivity index (χ3v) is 2.95. The Hall–Kier alpha value is -1.89. The first-order valence-corrected chi connectivity index (χ1v) is 5.72. The maximum Gasteiger partial charge on any atom is 0.342 e. The van der Waals surface area contributed by atoms with E-state index in [9.17, 15) is 14.4 Å². The van der Waals surface area contributed by atoms with Crippen molar-refractivity contribution >= 4 is 5.97 Å². The predicted molar refractivity (Wildman–Crippen MR) is 61.8 cm³/mol. The zero-order valence-corrected chi connectivity index (χ0v) is 9.72. The van der Waals surface area contributed by atoms with Crippen molar-refractivity contribution in [1.82, 2.24) is 9.55 Å². The highest BCUT2D eigenvalue weighted by Gasteiger charge is 2.17. The number of nitrogens with one attached hydrogen (secondary N) is 1. The molecule has 1 aliphatic heterocycles. The topological polar surface area (TPSA) is 101 Å². The van der Waals surface area contributed by atoms with Crippen LogP contribution in [-0.2, 0) is 11.3 Å². The van der Waals surface area contributed by atoms with Crippen LogP contribution in [0, 0.1) is 5.92 Å². The van der Waals surface area contributed by atoms with E-state index in [4.69, 9.17) is 9.84 Å². The summed E-state index contributed by atoms with van der Waals surface area (Å²) < 4.78 is 6.52. The Balaban J connectivity index is 2.26. The monoisotopic (exact) mass is 254 g/mol. The molecule has 7 nitrogen and oxygen atoms in total. The van der Waals surface area contributed by atoms with Crippen LogP contribution in [0.15, 0.2) is 15.8 Å². The molecule has 2 heterocycles. The lowest BCUT2D eigenvalue weighted by atomic mass is 10.0. The van der Waals surface area contributed by atoms with Crippen LogP contribution >= 0.6 is 0 Å². The fraction of sp³-hybridized carbons (Fsp3) is 0.545. The van der Waals surface area contributed by atoms with Crippen molar-refractivity contribution < 1.29 is 14.6 Å². The lowest BCUT2D eigenvalue weighted by molar-refractivity contribution is 0.0477. The molecule has 1 fully saturated rings. The third kappa shape index (κ3) is 2.67. The van der Waals surface area contributed by atoms with Crippen LogP contribution in [0.3, 0.4) is 0 Å². The van der Waals surface area contributed by atoms with Gasteiger partial charge in [0.25, 0.3) is 5.56 Å². The van der Waals surface area contributed by atoms with Crippen LogP contribution in [0.25, 0.3) is 0 Å².